The zero-order valence-corrected chi connectivity index (χ0v) is 23.5. The average molecular weight is 604 g/mol. The lowest BCUT2D eigenvalue weighted by molar-refractivity contribution is -0.318. The van der Waals surface area contributed by atoms with E-state index in [-0.39, 0.29) is 39.0 Å². The van der Waals surface area contributed by atoms with Gasteiger partial charge < -0.3 is 54.0 Å². The summed E-state index contributed by atoms with van der Waals surface area (Å²) in [5.41, 5.74) is 1.11. The minimum Gasteiger partial charge on any atom is -0.810 e. The SMILES string of the molecule is O=C([O-])CN(CCN(CCN(CC(=O)[O-])C(Cc1ccccc1)C(=O)[O-])CP(=O)([O-])[O-])C(Cc1ccccc1)C(=O)[O-]. The number of carbonyl (C=O) groups excluding carboxylic acids is 4. The van der Waals surface area contributed by atoms with E-state index in [1.165, 1.54) is 0 Å². The van der Waals surface area contributed by atoms with Crippen LogP contribution in [0.15, 0.2) is 60.7 Å². The zero-order valence-electron chi connectivity index (χ0n) is 22.6. The number of aliphatic carboxylic acids is 4. The van der Waals surface area contributed by atoms with E-state index in [4.69, 9.17) is 0 Å². The van der Waals surface area contributed by atoms with Crippen molar-refractivity contribution >= 4 is 31.5 Å². The van der Waals surface area contributed by atoms with E-state index in [9.17, 15) is 54.0 Å². The van der Waals surface area contributed by atoms with E-state index in [2.05, 4.69) is 0 Å². The van der Waals surface area contributed by atoms with Crippen molar-refractivity contribution in [2.24, 2.45) is 0 Å². The van der Waals surface area contributed by atoms with Crippen LogP contribution in [0.1, 0.15) is 11.1 Å². The second-order valence-electron chi connectivity index (χ2n) is 9.60. The van der Waals surface area contributed by atoms with E-state index >= 15 is 0 Å². The highest BCUT2D eigenvalue weighted by Gasteiger charge is 2.24. The summed E-state index contributed by atoms with van der Waals surface area (Å²) in [6.45, 7) is -3.15. The van der Waals surface area contributed by atoms with Crippen LogP contribution >= 0.6 is 7.60 Å². The molecule has 0 amide bonds. The minimum atomic E-state index is -5.22. The Labute approximate surface area is 242 Å². The van der Waals surface area contributed by atoms with E-state index in [1.54, 1.807) is 60.7 Å². The molecule has 230 valence electrons. The molecule has 2 aromatic carbocycles. The van der Waals surface area contributed by atoms with Crippen LogP contribution in [0.2, 0.25) is 0 Å². The average Bonchev–Trinajstić information content (AvgIpc) is 2.90. The molecule has 0 radical (unpaired) electrons. The maximum Gasteiger partial charge on any atom is 0.0590 e. The third-order valence-electron chi connectivity index (χ3n) is 6.41. The highest BCUT2D eigenvalue weighted by Crippen LogP contribution is 2.24. The van der Waals surface area contributed by atoms with Crippen LogP contribution in [0.4, 0.5) is 0 Å². The van der Waals surface area contributed by atoms with Gasteiger partial charge in [0, 0.05) is 45.6 Å². The van der Waals surface area contributed by atoms with Crippen molar-refractivity contribution in [3.63, 3.8) is 0 Å². The van der Waals surface area contributed by atoms with E-state index in [1.807, 2.05) is 0 Å². The first-order chi connectivity index (χ1) is 19.7. The fourth-order valence-corrected chi connectivity index (χ4v) is 5.23. The predicted octanol–water partition coefficient (Wildman–Crippen LogP) is -6.01. The largest absolute Gasteiger partial charge is 0.810 e. The fraction of sp³-hybridized carbons (Fsp3) is 0.407. The summed E-state index contributed by atoms with van der Waals surface area (Å²) in [6.07, 6.45) is -1.37. The third-order valence-corrected chi connectivity index (χ3v) is 7.16. The van der Waals surface area contributed by atoms with Crippen molar-refractivity contribution < 1.29 is 54.0 Å². The number of hydrogen-bond acceptors (Lipinski definition) is 14. The Morgan fingerprint density at radius 3 is 1.26 bits per heavy atom. The molecule has 42 heavy (non-hydrogen) atoms. The molecule has 0 bridgehead atoms. The van der Waals surface area contributed by atoms with Gasteiger partial charge in [-0.05, 0) is 24.0 Å². The van der Waals surface area contributed by atoms with Gasteiger partial charge in [-0.15, -0.1) is 0 Å². The number of rotatable bonds is 20. The molecule has 2 atom stereocenters. The van der Waals surface area contributed by atoms with Crippen molar-refractivity contribution in [2.75, 3.05) is 45.6 Å². The summed E-state index contributed by atoms with van der Waals surface area (Å²) < 4.78 is 11.6. The number of nitrogens with zero attached hydrogens (tertiary/aromatic N) is 3. The summed E-state index contributed by atoms with van der Waals surface area (Å²) in [7, 11) is -5.22. The van der Waals surface area contributed by atoms with Crippen LogP contribution < -0.4 is 30.2 Å². The lowest BCUT2D eigenvalue weighted by atomic mass is 10.0. The Morgan fingerprint density at radius 1 is 0.619 bits per heavy atom. The molecule has 2 rings (SSSR count). The molecule has 0 spiro atoms. The summed E-state index contributed by atoms with van der Waals surface area (Å²) in [6, 6.07) is 13.6. The molecule has 0 N–H and O–H groups in total. The van der Waals surface area contributed by atoms with Crippen LogP contribution in [0, 0.1) is 0 Å². The molecular formula is C27H30N3O11P-6. The van der Waals surface area contributed by atoms with Gasteiger partial charge in [-0.25, -0.2) is 0 Å². The first kappa shape index (κ1) is 34.6. The minimum absolute atomic E-state index is 0.149. The van der Waals surface area contributed by atoms with E-state index in [0.29, 0.717) is 11.1 Å². The third kappa shape index (κ3) is 12.9. The second-order valence-corrected chi connectivity index (χ2v) is 11.1. The summed E-state index contributed by atoms with van der Waals surface area (Å²) in [4.78, 5) is 73.0. The topological polar surface area (TPSA) is 233 Å². The van der Waals surface area contributed by atoms with Crippen LogP contribution in [0.25, 0.3) is 0 Å². The molecule has 0 fully saturated rings. The molecule has 0 aromatic heterocycles. The standard InChI is InChI=1S/C27H36N3O11P/c31-24(32)17-29(22(26(35)36)15-20-7-3-1-4-8-20)13-11-28(19-42(39,40)41)12-14-30(18-25(33)34)23(27(37)38)16-21-9-5-2-6-10-21/h1-10,22-23H,11-19H2,(H,31,32)(H,33,34)(H,35,36)(H,37,38)(H2,39,40,41)/p-6. The fourth-order valence-electron chi connectivity index (χ4n) is 4.46. The summed E-state index contributed by atoms with van der Waals surface area (Å²) in [5.74, 6) is -6.42. The van der Waals surface area contributed by atoms with Crippen LogP contribution in [-0.2, 0) is 36.6 Å². The van der Waals surface area contributed by atoms with Gasteiger partial charge in [0.05, 0.1) is 36.0 Å². The number of carboxylic acid groups (broad SMARTS) is 4. The number of carboxylic acids is 4. The Morgan fingerprint density at radius 2 is 0.976 bits per heavy atom. The Kier molecular flexibility index (Phi) is 13.7. The first-order valence-electron chi connectivity index (χ1n) is 12.9. The maximum atomic E-state index is 12.0. The highest BCUT2D eigenvalue weighted by atomic mass is 31.2. The lowest BCUT2D eigenvalue weighted by Crippen LogP contribution is -2.56. The molecule has 0 aliphatic carbocycles. The van der Waals surface area contributed by atoms with Crippen LogP contribution in [0.5, 0.6) is 0 Å². The van der Waals surface area contributed by atoms with Gasteiger partial charge in [0.15, 0.2) is 0 Å². The van der Waals surface area contributed by atoms with Gasteiger partial charge in [0.2, 0.25) is 0 Å². The van der Waals surface area contributed by atoms with Crippen LogP contribution in [0.3, 0.4) is 0 Å². The number of benzene rings is 2. The smallest absolute Gasteiger partial charge is 0.0590 e. The Balaban J connectivity index is 2.25. The molecule has 2 aromatic rings. The predicted molar refractivity (Wildman–Crippen MR) is 135 cm³/mol. The maximum absolute atomic E-state index is 12.0. The van der Waals surface area contributed by atoms with Crippen molar-refractivity contribution in [1.29, 1.82) is 0 Å². The molecule has 15 heteroatoms. The lowest BCUT2D eigenvalue weighted by Gasteiger charge is -2.40. The molecule has 0 aliphatic rings. The van der Waals surface area contributed by atoms with Crippen LogP contribution in [-0.4, -0.2) is 96.2 Å². The molecule has 0 saturated heterocycles. The van der Waals surface area contributed by atoms with Gasteiger partial charge in [-0.3, -0.25) is 14.7 Å². The summed E-state index contributed by atoms with van der Waals surface area (Å²) >= 11 is 0. The molecule has 14 nitrogen and oxygen atoms in total. The molecule has 0 aliphatic heterocycles. The molecule has 0 heterocycles. The van der Waals surface area contributed by atoms with Gasteiger partial charge in [-0.1, -0.05) is 68.3 Å². The van der Waals surface area contributed by atoms with Gasteiger partial charge in [0.25, 0.3) is 0 Å². The van der Waals surface area contributed by atoms with E-state index in [0.717, 1.165) is 14.7 Å². The normalized spacial score (nSPS) is 13.3. The van der Waals surface area contributed by atoms with Crippen molar-refractivity contribution in [3.05, 3.63) is 71.8 Å². The quantitative estimate of drug-likeness (QED) is 0.128. The summed E-state index contributed by atoms with van der Waals surface area (Å²) in [5, 5.41) is 46.7. The van der Waals surface area contributed by atoms with E-state index < -0.39 is 62.9 Å². The first-order valence-corrected chi connectivity index (χ1v) is 14.6. The van der Waals surface area contributed by atoms with Crippen molar-refractivity contribution in [2.45, 2.75) is 24.9 Å². The van der Waals surface area contributed by atoms with Crippen molar-refractivity contribution in [3.8, 4) is 0 Å². The highest BCUT2D eigenvalue weighted by molar-refractivity contribution is 7.48. The zero-order chi connectivity index (χ0) is 31.3. The van der Waals surface area contributed by atoms with Gasteiger partial charge in [-0.2, -0.15) is 0 Å². The number of hydrogen-bond donors (Lipinski definition) is 0. The Bertz CT molecular complexity index is 1140. The molecule has 0 saturated carbocycles. The van der Waals surface area contributed by atoms with Crippen molar-refractivity contribution in [1.82, 2.24) is 14.7 Å². The monoisotopic (exact) mass is 603 g/mol. The second kappa shape index (κ2) is 16.7. The Hall–Kier alpha value is -3.65. The van der Waals surface area contributed by atoms with Gasteiger partial charge in [0.1, 0.15) is 0 Å². The number of carbonyl (C=O) groups is 4. The molecular weight excluding hydrogens is 573 g/mol. The molecule has 2 unspecified atom stereocenters. The van der Waals surface area contributed by atoms with Gasteiger partial charge >= 0.3 is 0 Å².